The van der Waals surface area contributed by atoms with Crippen LogP contribution in [0, 0.1) is 25.5 Å². The van der Waals surface area contributed by atoms with Crippen molar-refractivity contribution in [2.75, 3.05) is 32.5 Å². The molecule has 5 rings (SSSR count). The van der Waals surface area contributed by atoms with Gasteiger partial charge in [-0.25, -0.2) is 23.7 Å². The number of aromatic nitrogens is 3. The largest absolute Gasteiger partial charge is 0.488 e. The minimum absolute atomic E-state index is 0.0716. The molecular formula is C33H30F5N5O2. The second kappa shape index (κ2) is 13.0. The highest BCUT2D eigenvalue weighted by atomic mass is 19.4. The number of alkyl halides is 3. The summed E-state index contributed by atoms with van der Waals surface area (Å²) in [5, 5.41) is 3.83. The van der Waals surface area contributed by atoms with Crippen LogP contribution in [-0.2, 0) is 12.8 Å². The Kier molecular flexibility index (Phi) is 9.14. The van der Waals surface area contributed by atoms with Crippen LogP contribution >= 0.6 is 0 Å². The summed E-state index contributed by atoms with van der Waals surface area (Å²) in [7, 11) is 3.88. The van der Waals surface area contributed by atoms with Crippen LogP contribution < -0.4 is 14.8 Å². The van der Waals surface area contributed by atoms with E-state index in [1.165, 1.54) is 32.2 Å². The number of nitrogens with one attached hydrogen (secondary N) is 1. The van der Waals surface area contributed by atoms with Gasteiger partial charge in [0.1, 0.15) is 23.9 Å². The number of pyridine rings is 3. The highest BCUT2D eigenvalue weighted by Crippen LogP contribution is 2.43. The maximum Gasteiger partial charge on any atom is 0.418 e. The first kappa shape index (κ1) is 31.6. The van der Waals surface area contributed by atoms with Gasteiger partial charge in [0.05, 0.1) is 27.7 Å². The Bertz CT molecular complexity index is 1830. The summed E-state index contributed by atoms with van der Waals surface area (Å²) in [5.41, 5.74) is -0.137. The average Bonchev–Trinajstić information content (AvgIpc) is 3.00. The lowest BCUT2D eigenvalue weighted by atomic mass is 10.0. The summed E-state index contributed by atoms with van der Waals surface area (Å²) in [4.78, 5) is 15.2. The van der Waals surface area contributed by atoms with Gasteiger partial charge in [0.25, 0.3) is 0 Å². The van der Waals surface area contributed by atoms with E-state index in [1.54, 1.807) is 6.07 Å². The van der Waals surface area contributed by atoms with Crippen molar-refractivity contribution in [2.45, 2.75) is 26.6 Å². The number of hydrogen-bond acceptors (Lipinski definition) is 7. The van der Waals surface area contributed by atoms with Crippen molar-refractivity contribution >= 4 is 16.7 Å². The molecule has 45 heavy (non-hydrogen) atoms. The molecule has 0 saturated heterocycles. The first-order chi connectivity index (χ1) is 21.4. The third-order valence-corrected chi connectivity index (χ3v) is 7.13. The molecule has 12 heteroatoms. The van der Waals surface area contributed by atoms with Gasteiger partial charge in [-0.1, -0.05) is 30.3 Å². The van der Waals surface area contributed by atoms with Crippen molar-refractivity contribution in [3.05, 3.63) is 101 Å². The molecular weight excluding hydrogens is 593 g/mol. The molecule has 3 aromatic heterocycles. The minimum Gasteiger partial charge on any atom is -0.488 e. The SMILES string of the molecule is Cc1c(Oc2ncc(C(F)(F)F)c(C)c2-c2cc(OCc3ccccc3)c3c(NCCN(C)C)nccc3n2)ccc(F)c1F. The Labute approximate surface area is 256 Å². The summed E-state index contributed by atoms with van der Waals surface area (Å²) in [6.07, 6.45) is -2.55. The Morgan fingerprint density at radius 1 is 0.911 bits per heavy atom. The van der Waals surface area contributed by atoms with Crippen LogP contribution in [0.1, 0.15) is 22.3 Å². The van der Waals surface area contributed by atoms with E-state index in [9.17, 15) is 22.0 Å². The van der Waals surface area contributed by atoms with Gasteiger partial charge in [0.2, 0.25) is 5.88 Å². The van der Waals surface area contributed by atoms with E-state index in [-0.39, 0.29) is 40.6 Å². The van der Waals surface area contributed by atoms with Crippen LogP contribution in [0.2, 0.25) is 0 Å². The Hall–Kier alpha value is -4.84. The van der Waals surface area contributed by atoms with Gasteiger partial charge >= 0.3 is 6.18 Å². The molecule has 0 fully saturated rings. The first-order valence-corrected chi connectivity index (χ1v) is 14.0. The number of anilines is 1. The van der Waals surface area contributed by atoms with Gasteiger partial charge in [0, 0.05) is 37.1 Å². The predicted octanol–water partition coefficient (Wildman–Crippen LogP) is 7.95. The Morgan fingerprint density at radius 2 is 1.67 bits per heavy atom. The highest BCUT2D eigenvalue weighted by molar-refractivity contribution is 5.96. The molecule has 0 amide bonds. The standard InChI is InChI=1S/C33H30F5N5O2/c1-19-22(33(36,37)38)17-41-32(45-26-11-10-23(34)30(35)20(26)2)28(19)25-16-27(44-18-21-8-6-5-7-9-21)29-24(42-25)12-13-39-31(29)40-14-15-43(3)4/h5-13,16-17H,14-15,18H2,1-4H3,(H,39,40). The lowest BCUT2D eigenvalue weighted by Gasteiger charge is -2.20. The molecule has 0 aliphatic carbocycles. The van der Waals surface area contributed by atoms with Crippen LogP contribution in [0.4, 0.5) is 27.8 Å². The quantitative estimate of drug-likeness (QED) is 0.158. The van der Waals surface area contributed by atoms with Gasteiger partial charge in [-0.15, -0.1) is 0 Å². The third-order valence-electron chi connectivity index (χ3n) is 7.13. The summed E-state index contributed by atoms with van der Waals surface area (Å²) >= 11 is 0. The van der Waals surface area contributed by atoms with E-state index in [0.717, 1.165) is 11.6 Å². The molecule has 0 spiro atoms. The van der Waals surface area contributed by atoms with Crippen molar-refractivity contribution in [1.29, 1.82) is 0 Å². The molecule has 234 valence electrons. The molecule has 0 saturated carbocycles. The number of ether oxygens (including phenoxy) is 2. The number of hydrogen-bond donors (Lipinski definition) is 1. The number of benzene rings is 2. The fourth-order valence-electron chi connectivity index (χ4n) is 4.75. The zero-order chi connectivity index (χ0) is 32.3. The van der Waals surface area contributed by atoms with E-state index in [2.05, 4.69) is 15.3 Å². The Morgan fingerprint density at radius 3 is 2.38 bits per heavy atom. The summed E-state index contributed by atoms with van der Waals surface area (Å²) < 4.78 is 82.6. The Balaban J connectivity index is 1.70. The van der Waals surface area contributed by atoms with E-state index >= 15 is 0 Å². The molecule has 3 heterocycles. The molecule has 0 radical (unpaired) electrons. The van der Waals surface area contributed by atoms with Gasteiger partial charge < -0.3 is 19.7 Å². The maximum atomic E-state index is 14.4. The number of rotatable bonds is 10. The summed E-state index contributed by atoms with van der Waals surface area (Å²) in [6.45, 7) is 4.00. The molecule has 5 aromatic rings. The summed E-state index contributed by atoms with van der Waals surface area (Å²) in [6, 6.07) is 14.6. The van der Waals surface area contributed by atoms with Crippen molar-refractivity contribution in [3.8, 4) is 28.6 Å². The summed E-state index contributed by atoms with van der Waals surface area (Å²) in [5.74, 6) is -1.81. The second-order valence-corrected chi connectivity index (χ2v) is 10.6. The lowest BCUT2D eigenvalue weighted by molar-refractivity contribution is -0.138. The topological polar surface area (TPSA) is 72.4 Å². The van der Waals surface area contributed by atoms with Crippen LogP contribution in [0.3, 0.4) is 0 Å². The normalized spacial score (nSPS) is 11.7. The zero-order valence-corrected chi connectivity index (χ0v) is 25.0. The van der Waals surface area contributed by atoms with Crippen LogP contribution in [0.15, 0.2) is 67.0 Å². The van der Waals surface area contributed by atoms with Crippen LogP contribution in [-0.4, -0.2) is 47.0 Å². The van der Waals surface area contributed by atoms with E-state index in [4.69, 9.17) is 14.5 Å². The molecule has 0 aliphatic heterocycles. The number of likely N-dealkylation sites (N-methyl/N-ethyl adjacent to an activating group) is 1. The fraction of sp³-hybridized carbons (Fsp3) is 0.242. The third kappa shape index (κ3) is 6.96. The number of fused-ring (bicyclic) bond motifs is 1. The average molecular weight is 624 g/mol. The van der Waals surface area contributed by atoms with Crippen molar-refractivity contribution < 1.29 is 31.4 Å². The number of halogens is 5. The van der Waals surface area contributed by atoms with Crippen molar-refractivity contribution in [2.24, 2.45) is 0 Å². The highest BCUT2D eigenvalue weighted by Gasteiger charge is 2.35. The minimum atomic E-state index is -4.74. The van der Waals surface area contributed by atoms with E-state index in [1.807, 2.05) is 49.3 Å². The lowest BCUT2D eigenvalue weighted by Crippen LogP contribution is -2.21. The van der Waals surface area contributed by atoms with Crippen molar-refractivity contribution in [1.82, 2.24) is 19.9 Å². The van der Waals surface area contributed by atoms with Gasteiger partial charge in [-0.05, 0) is 57.3 Å². The predicted molar refractivity (Wildman–Crippen MR) is 161 cm³/mol. The van der Waals surface area contributed by atoms with Crippen LogP contribution in [0.5, 0.6) is 17.4 Å². The van der Waals surface area contributed by atoms with Gasteiger partial charge in [-0.2, -0.15) is 13.2 Å². The molecule has 1 N–H and O–H groups in total. The molecule has 7 nitrogen and oxygen atoms in total. The van der Waals surface area contributed by atoms with E-state index < -0.39 is 23.4 Å². The maximum absolute atomic E-state index is 14.4. The van der Waals surface area contributed by atoms with Crippen molar-refractivity contribution in [3.63, 3.8) is 0 Å². The molecule has 2 aromatic carbocycles. The first-order valence-electron chi connectivity index (χ1n) is 14.0. The fourth-order valence-corrected chi connectivity index (χ4v) is 4.75. The van der Waals surface area contributed by atoms with Gasteiger partial charge in [0.15, 0.2) is 11.6 Å². The van der Waals surface area contributed by atoms with Crippen LogP contribution in [0.25, 0.3) is 22.2 Å². The zero-order valence-electron chi connectivity index (χ0n) is 25.0. The second-order valence-electron chi connectivity index (χ2n) is 10.6. The molecule has 0 unspecified atom stereocenters. The monoisotopic (exact) mass is 623 g/mol. The molecule has 0 aliphatic rings. The van der Waals surface area contributed by atoms with E-state index in [0.29, 0.717) is 41.8 Å². The molecule has 0 atom stereocenters. The smallest absolute Gasteiger partial charge is 0.418 e. The molecule has 0 bridgehead atoms. The van der Waals surface area contributed by atoms with Gasteiger partial charge in [-0.3, -0.25) is 0 Å². The number of nitrogens with zero attached hydrogens (tertiary/aromatic N) is 4.